The van der Waals surface area contributed by atoms with Gasteiger partial charge in [0.15, 0.2) is 11.6 Å². The average molecular weight is 212 g/mol. The summed E-state index contributed by atoms with van der Waals surface area (Å²) in [6, 6.07) is 1.72. The second-order valence-electron chi connectivity index (χ2n) is 2.18. The van der Waals surface area contributed by atoms with E-state index >= 15 is 0 Å². The molecule has 0 aliphatic heterocycles. The maximum Gasteiger partial charge on any atom is 0.387 e. The van der Waals surface area contributed by atoms with Crippen LogP contribution in [0.15, 0.2) is 12.1 Å². The van der Waals surface area contributed by atoms with Gasteiger partial charge in [-0.2, -0.15) is 8.78 Å². The number of ether oxygens (including phenoxy) is 1. The van der Waals surface area contributed by atoms with E-state index in [9.17, 15) is 13.2 Å². The Kier molecular flexibility index (Phi) is 2.87. The zero-order valence-electron chi connectivity index (χ0n) is 6.23. The van der Waals surface area contributed by atoms with Crippen LogP contribution >= 0.6 is 11.6 Å². The lowest BCUT2D eigenvalue weighted by Crippen LogP contribution is -2.04. The van der Waals surface area contributed by atoms with Gasteiger partial charge in [-0.1, -0.05) is 11.6 Å². The van der Waals surface area contributed by atoms with Crippen LogP contribution in [-0.4, -0.2) is 6.61 Å². The minimum atomic E-state index is -3.09. The predicted octanol–water partition coefficient (Wildman–Crippen LogP) is 2.66. The van der Waals surface area contributed by atoms with Gasteiger partial charge in [0.25, 0.3) is 0 Å². The fourth-order valence-corrected chi connectivity index (χ4v) is 0.884. The second kappa shape index (κ2) is 3.74. The molecule has 1 rings (SSSR count). The summed E-state index contributed by atoms with van der Waals surface area (Å²) in [4.78, 5) is 0. The maximum atomic E-state index is 12.8. The molecule has 0 bridgehead atoms. The Balaban J connectivity index is 3.01. The van der Waals surface area contributed by atoms with E-state index in [2.05, 4.69) is 4.74 Å². The van der Waals surface area contributed by atoms with Gasteiger partial charge in [0.05, 0.1) is 10.7 Å². The number of anilines is 1. The molecule has 0 atom stereocenters. The van der Waals surface area contributed by atoms with Gasteiger partial charge in [0.2, 0.25) is 0 Å². The third kappa shape index (κ3) is 2.42. The summed E-state index contributed by atoms with van der Waals surface area (Å²) in [6.45, 7) is -3.09. The van der Waals surface area contributed by atoms with E-state index in [1.807, 2.05) is 0 Å². The number of halogens is 4. The van der Waals surface area contributed by atoms with Crippen molar-refractivity contribution < 1.29 is 17.9 Å². The Labute approximate surface area is 77.0 Å². The van der Waals surface area contributed by atoms with Crippen molar-refractivity contribution in [2.24, 2.45) is 0 Å². The molecule has 0 spiro atoms. The van der Waals surface area contributed by atoms with Crippen LogP contribution in [0, 0.1) is 5.82 Å². The van der Waals surface area contributed by atoms with Crippen molar-refractivity contribution in [2.75, 3.05) is 5.73 Å². The van der Waals surface area contributed by atoms with Crippen molar-refractivity contribution in [3.8, 4) is 5.75 Å². The number of alkyl halides is 2. The molecule has 2 N–H and O–H groups in total. The van der Waals surface area contributed by atoms with Gasteiger partial charge < -0.3 is 10.5 Å². The van der Waals surface area contributed by atoms with Gasteiger partial charge in [0, 0.05) is 12.1 Å². The molecule has 2 nitrogen and oxygen atoms in total. The first kappa shape index (κ1) is 9.98. The first-order chi connectivity index (χ1) is 6.00. The predicted molar refractivity (Wildman–Crippen MR) is 42.5 cm³/mol. The normalized spacial score (nSPS) is 10.5. The summed E-state index contributed by atoms with van der Waals surface area (Å²) in [7, 11) is 0. The molecule has 13 heavy (non-hydrogen) atoms. The van der Waals surface area contributed by atoms with Crippen LogP contribution in [0.2, 0.25) is 5.02 Å². The largest absolute Gasteiger partial charge is 0.432 e. The fraction of sp³-hybridized carbons (Fsp3) is 0.143. The highest BCUT2D eigenvalue weighted by Crippen LogP contribution is 2.28. The third-order valence-electron chi connectivity index (χ3n) is 1.27. The Morgan fingerprint density at radius 2 is 2.00 bits per heavy atom. The summed E-state index contributed by atoms with van der Waals surface area (Å²) in [5.74, 6) is -1.59. The van der Waals surface area contributed by atoms with E-state index < -0.39 is 18.2 Å². The fourth-order valence-electron chi connectivity index (χ4n) is 0.730. The van der Waals surface area contributed by atoms with E-state index in [0.717, 1.165) is 12.1 Å². The number of hydrogen-bond acceptors (Lipinski definition) is 2. The lowest BCUT2D eigenvalue weighted by Gasteiger charge is -2.06. The van der Waals surface area contributed by atoms with Gasteiger partial charge in [-0.15, -0.1) is 0 Å². The highest BCUT2D eigenvalue weighted by atomic mass is 35.5. The van der Waals surface area contributed by atoms with Crippen LogP contribution < -0.4 is 10.5 Å². The maximum absolute atomic E-state index is 12.8. The molecule has 0 aliphatic carbocycles. The molecule has 0 aromatic heterocycles. The van der Waals surface area contributed by atoms with Gasteiger partial charge >= 0.3 is 6.61 Å². The highest BCUT2D eigenvalue weighted by molar-refractivity contribution is 6.33. The van der Waals surface area contributed by atoms with Crippen LogP contribution in [0.3, 0.4) is 0 Å². The Morgan fingerprint density at radius 1 is 1.38 bits per heavy atom. The summed E-state index contributed by atoms with van der Waals surface area (Å²) < 4.78 is 40.0. The summed E-state index contributed by atoms with van der Waals surface area (Å²) in [5, 5.41) is -0.0305. The zero-order chi connectivity index (χ0) is 10.0. The Bertz CT molecular complexity index is 319. The molecule has 0 radical (unpaired) electrons. The number of hydrogen-bond donors (Lipinski definition) is 1. The molecule has 6 heteroatoms. The topological polar surface area (TPSA) is 35.2 Å². The minimum Gasteiger partial charge on any atom is -0.432 e. The molecule has 72 valence electrons. The van der Waals surface area contributed by atoms with E-state index in [0.29, 0.717) is 0 Å². The zero-order valence-corrected chi connectivity index (χ0v) is 6.99. The monoisotopic (exact) mass is 211 g/mol. The Morgan fingerprint density at radius 3 is 2.54 bits per heavy atom. The quantitative estimate of drug-likeness (QED) is 0.764. The number of benzene rings is 1. The van der Waals surface area contributed by atoms with Crippen molar-refractivity contribution in [2.45, 2.75) is 6.61 Å². The summed E-state index contributed by atoms with van der Waals surface area (Å²) >= 11 is 5.45. The van der Waals surface area contributed by atoms with E-state index in [1.165, 1.54) is 0 Å². The molecule has 0 aliphatic rings. The Hall–Kier alpha value is -1.10. The van der Waals surface area contributed by atoms with Gasteiger partial charge in [0.1, 0.15) is 0 Å². The molecule has 1 aromatic rings. The molecular formula is C7H5ClF3NO. The molecule has 0 saturated carbocycles. The number of nitrogen functional groups attached to an aromatic ring is 1. The van der Waals surface area contributed by atoms with Crippen molar-refractivity contribution >= 4 is 17.3 Å². The van der Waals surface area contributed by atoms with Crippen LogP contribution in [0.4, 0.5) is 18.9 Å². The van der Waals surface area contributed by atoms with Gasteiger partial charge in [-0.3, -0.25) is 0 Å². The van der Waals surface area contributed by atoms with Crippen molar-refractivity contribution in [1.82, 2.24) is 0 Å². The first-order valence-corrected chi connectivity index (χ1v) is 3.58. The van der Waals surface area contributed by atoms with Gasteiger partial charge in [-0.05, 0) is 0 Å². The highest BCUT2D eigenvalue weighted by Gasteiger charge is 2.11. The van der Waals surface area contributed by atoms with Crippen molar-refractivity contribution in [3.63, 3.8) is 0 Å². The minimum absolute atomic E-state index is 0.0271. The van der Waals surface area contributed by atoms with Crippen LogP contribution in [0.1, 0.15) is 0 Å². The first-order valence-electron chi connectivity index (χ1n) is 3.20. The van der Waals surface area contributed by atoms with Gasteiger partial charge in [-0.25, -0.2) is 4.39 Å². The van der Waals surface area contributed by atoms with E-state index in [4.69, 9.17) is 17.3 Å². The van der Waals surface area contributed by atoms with E-state index in [-0.39, 0.29) is 10.7 Å². The van der Waals surface area contributed by atoms with Crippen LogP contribution in [0.5, 0.6) is 5.75 Å². The standard InChI is InChI=1S/C7H5ClF3NO/c8-3-1-6(13-7(10)11)4(9)2-5(3)12/h1-2,7H,12H2. The van der Waals surface area contributed by atoms with E-state index in [1.54, 1.807) is 0 Å². The molecular weight excluding hydrogens is 207 g/mol. The third-order valence-corrected chi connectivity index (χ3v) is 1.59. The molecule has 0 unspecified atom stereocenters. The molecule has 0 saturated heterocycles. The summed E-state index contributed by atoms with van der Waals surface area (Å²) in [6.07, 6.45) is 0. The molecule has 0 heterocycles. The summed E-state index contributed by atoms with van der Waals surface area (Å²) in [5.41, 5.74) is 5.18. The number of nitrogens with two attached hydrogens (primary N) is 1. The lowest BCUT2D eigenvalue weighted by atomic mass is 10.3. The molecule has 0 amide bonds. The molecule has 0 fully saturated rings. The van der Waals surface area contributed by atoms with Crippen molar-refractivity contribution in [3.05, 3.63) is 23.0 Å². The van der Waals surface area contributed by atoms with Crippen LogP contribution in [-0.2, 0) is 0 Å². The molecule has 1 aromatic carbocycles. The van der Waals surface area contributed by atoms with Crippen LogP contribution in [0.25, 0.3) is 0 Å². The van der Waals surface area contributed by atoms with Crippen molar-refractivity contribution in [1.29, 1.82) is 0 Å². The smallest absolute Gasteiger partial charge is 0.387 e. The lowest BCUT2D eigenvalue weighted by molar-refractivity contribution is -0.0521. The average Bonchev–Trinajstić information content (AvgIpc) is 1.99. The SMILES string of the molecule is Nc1cc(F)c(OC(F)F)cc1Cl. The number of rotatable bonds is 2. The second-order valence-corrected chi connectivity index (χ2v) is 2.59.